The first-order valence-corrected chi connectivity index (χ1v) is 6.13. The molecule has 1 aliphatic heterocycles. The van der Waals surface area contributed by atoms with E-state index in [9.17, 15) is 0 Å². The molecule has 0 amide bonds. The molecule has 19 heavy (non-hydrogen) atoms. The Kier molecular flexibility index (Phi) is 1.46. The fourth-order valence-electron chi connectivity index (χ4n) is 2.81. The largest absolute Gasteiger partial charge is 0.395 e. The summed E-state index contributed by atoms with van der Waals surface area (Å²) in [6.07, 6.45) is 7.44. The van der Waals surface area contributed by atoms with Crippen LogP contribution in [0.1, 0.15) is 5.69 Å². The smallest absolute Gasteiger partial charge is 0.384 e. The maximum Gasteiger partial charge on any atom is 0.384 e. The molecule has 0 saturated heterocycles. The summed E-state index contributed by atoms with van der Waals surface area (Å²) < 4.78 is 10.2. The van der Waals surface area contributed by atoms with Crippen LogP contribution in [-0.2, 0) is 6.54 Å². The molecular formula is C14H9N4O+. The van der Waals surface area contributed by atoms with Crippen molar-refractivity contribution in [2.24, 2.45) is 0 Å². The summed E-state index contributed by atoms with van der Waals surface area (Å²) in [7, 11) is 0. The van der Waals surface area contributed by atoms with Crippen LogP contribution in [0.25, 0.3) is 28.1 Å². The lowest BCUT2D eigenvalue weighted by Crippen LogP contribution is -2.30. The van der Waals surface area contributed by atoms with E-state index in [1.54, 1.807) is 12.5 Å². The van der Waals surface area contributed by atoms with Crippen LogP contribution in [0.15, 0.2) is 47.5 Å². The highest BCUT2D eigenvalue weighted by Crippen LogP contribution is 2.31. The molecular weight excluding hydrogens is 240 g/mol. The van der Waals surface area contributed by atoms with Gasteiger partial charge in [-0.15, -0.1) is 4.57 Å². The second-order valence-electron chi connectivity index (χ2n) is 4.71. The zero-order valence-corrected chi connectivity index (χ0v) is 9.95. The van der Waals surface area contributed by atoms with Crippen molar-refractivity contribution in [3.63, 3.8) is 0 Å². The molecule has 5 rings (SSSR count). The summed E-state index contributed by atoms with van der Waals surface area (Å²) in [6.45, 7) is 0.767. The molecule has 0 N–H and O–H groups in total. The SMILES string of the molecule is c1cnc2c(c1)-c1oc3c4ccncn4cc3[n+]1C2. The van der Waals surface area contributed by atoms with Gasteiger partial charge in [-0.1, -0.05) is 0 Å². The Morgan fingerprint density at radius 3 is 3.26 bits per heavy atom. The topological polar surface area (TPSA) is 47.2 Å². The standard InChI is InChI=1S/C14H9N4O/c1-2-9-10(16-4-1)6-18-12-7-17-8-15-5-3-11(17)13(12)19-14(9)18/h1-5,7-8H,6H2/q+1. The average molecular weight is 249 g/mol. The van der Waals surface area contributed by atoms with E-state index in [1.807, 2.05) is 22.7 Å². The quantitative estimate of drug-likeness (QED) is 0.393. The van der Waals surface area contributed by atoms with Gasteiger partial charge in [-0.2, -0.15) is 0 Å². The van der Waals surface area contributed by atoms with Gasteiger partial charge >= 0.3 is 5.89 Å². The van der Waals surface area contributed by atoms with Crippen molar-refractivity contribution in [1.82, 2.24) is 14.4 Å². The third-order valence-corrected chi connectivity index (χ3v) is 3.68. The Hall–Kier alpha value is -2.69. The van der Waals surface area contributed by atoms with Crippen LogP contribution in [0.3, 0.4) is 0 Å². The van der Waals surface area contributed by atoms with Gasteiger partial charge in [-0.3, -0.25) is 9.38 Å². The van der Waals surface area contributed by atoms with Crippen LogP contribution < -0.4 is 4.57 Å². The minimum absolute atomic E-state index is 0.767. The molecule has 0 unspecified atom stereocenters. The summed E-state index contributed by atoms with van der Waals surface area (Å²) in [5, 5.41) is 0. The minimum Gasteiger partial charge on any atom is -0.395 e. The molecule has 0 saturated carbocycles. The van der Waals surface area contributed by atoms with E-state index in [1.165, 1.54) is 0 Å². The molecule has 0 spiro atoms. The Bertz CT molecular complexity index is 951. The van der Waals surface area contributed by atoms with Crippen molar-refractivity contribution in [3.05, 3.63) is 48.8 Å². The van der Waals surface area contributed by atoms with E-state index in [-0.39, 0.29) is 0 Å². The van der Waals surface area contributed by atoms with E-state index in [0.29, 0.717) is 0 Å². The number of pyridine rings is 1. The number of oxazole rings is 1. The summed E-state index contributed by atoms with van der Waals surface area (Å²) in [5.74, 6) is 0.896. The van der Waals surface area contributed by atoms with Crippen molar-refractivity contribution < 1.29 is 8.98 Å². The lowest BCUT2D eigenvalue weighted by molar-refractivity contribution is -0.649. The lowest BCUT2D eigenvalue weighted by Gasteiger charge is -1.90. The molecule has 5 heterocycles. The molecule has 5 heteroatoms. The summed E-state index contributed by atoms with van der Waals surface area (Å²) in [5.41, 5.74) is 5.19. The van der Waals surface area contributed by atoms with Crippen LogP contribution in [0, 0.1) is 0 Å². The average Bonchev–Trinajstić information content (AvgIpc) is 3.07. The van der Waals surface area contributed by atoms with E-state index in [0.717, 1.165) is 40.3 Å². The summed E-state index contributed by atoms with van der Waals surface area (Å²) >= 11 is 0. The van der Waals surface area contributed by atoms with Crippen LogP contribution in [0.5, 0.6) is 0 Å². The van der Waals surface area contributed by atoms with Crippen LogP contribution in [0.2, 0.25) is 0 Å². The molecule has 90 valence electrons. The van der Waals surface area contributed by atoms with Crippen LogP contribution in [0.4, 0.5) is 0 Å². The zero-order chi connectivity index (χ0) is 12.4. The fraction of sp³-hybridized carbons (Fsp3) is 0.0714. The molecule has 4 aromatic rings. The summed E-state index contributed by atoms with van der Waals surface area (Å²) in [6, 6.07) is 5.96. The Labute approximate surface area is 107 Å². The Morgan fingerprint density at radius 1 is 1.26 bits per heavy atom. The Balaban J connectivity index is 1.93. The van der Waals surface area contributed by atoms with Crippen molar-refractivity contribution in [3.8, 4) is 11.5 Å². The predicted molar refractivity (Wildman–Crippen MR) is 67.5 cm³/mol. The maximum atomic E-state index is 6.06. The fourth-order valence-corrected chi connectivity index (χ4v) is 2.81. The number of hydrogen-bond acceptors (Lipinski definition) is 3. The van der Waals surface area contributed by atoms with Gasteiger partial charge in [0.1, 0.15) is 11.3 Å². The van der Waals surface area contributed by atoms with E-state index in [4.69, 9.17) is 4.42 Å². The highest BCUT2D eigenvalue weighted by molar-refractivity contribution is 5.89. The molecule has 5 nitrogen and oxygen atoms in total. The van der Waals surface area contributed by atoms with Crippen molar-refractivity contribution in [2.75, 3.05) is 0 Å². The van der Waals surface area contributed by atoms with Gasteiger partial charge < -0.3 is 4.42 Å². The molecule has 4 aromatic heterocycles. The molecule has 0 atom stereocenters. The van der Waals surface area contributed by atoms with Gasteiger partial charge in [0, 0.05) is 12.4 Å². The lowest BCUT2D eigenvalue weighted by atomic mass is 10.2. The second kappa shape index (κ2) is 3.00. The van der Waals surface area contributed by atoms with Gasteiger partial charge in [-0.25, -0.2) is 4.98 Å². The van der Waals surface area contributed by atoms with Gasteiger partial charge in [0.05, 0.1) is 18.0 Å². The van der Waals surface area contributed by atoms with Gasteiger partial charge in [0.2, 0.25) is 5.58 Å². The van der Waals surface area contributed by atoms with E-state index >= 15 is 0 Å². The van der Waals surface area contributed by atoms with Crippen molar-refractivity contribution in [1.29, 1.82) is 0 Å². The maximum absolute atomic E-state index is 6.06. The third kappa shape index (κ3) is 1.03. The van der Waals surface area contributed by atoms with Crippen LogP contribution >= 0.6 is 0 Å². The second-order valence-corrected chi connectivity index (χ2v) is 4.71. The molecule has 1 aliphatic rings. The summed E-state index contributed by atoms with van der Waals surface area (Å²) in [4.78, 5) is 8.53. The normalized spacial score (nSPS) is 13.1. The van der Waals surface area contributed by atoms with Gasteiger partial charge in [0.15, 0.2) is 6.54 Å². The van der Waals surface area contributed by atoms with E-state index in [2.05, 4.69) is 26.8 Å². The highest BCUT2D eigenvalue weighted by Gasteiger charge is 2.35. The minimum atomic E-state index is 0.767. The Morgan fingerprint density at radius 2 is 2.26 bits per heavy atom. The third-order valence-electron chi connectivity index (χ3n) is 3.68. The molecule has 0 fully saturated rings. The molecule has 0 aliphatic carbocycles. The first-order chi connectivity index (χ1) is 9.42. The van der Waals surface area contributed by atoms with Crippen molar-refractivity contribution in [2.45, 2.75) is 6.54 Å². The first kappa shape index (κ1) is 9.27. The number of aromatic nitrogens is 4. The van der Waals surface area contributed by atoms with Gasteiger partial charge in [-0.05, 0) is 18.2 Å². The molecule has 0 aromatic carbocycles. The van der Waals surface area contributed by atoms with E-state index < -0.39 is 0 Å². The predicted octanol–water partition coefficient (Wildman–Crippen LogP) is 1.79. The number of nitrogens with zero attached hydrogens (tertiary/aromatic N) is 4. The van der Waals surface area contributed by atoms with Gasteiger partial charge in [0.25, 0.3) is 5.52 Å². The monoisotopic (exact) mass is 249 g/mol. The zero-order valence-electron chi connectivity index (χ0n) is 9.95. The van der Waals surface area contributed by atoms with Crippen LogP contribution in [-0.4, -0.2) is 14.4 Å². The highest BCUT2D eigenvalue weighted by atomic mass is 16.4. The first-order valence-electron chi connectivity index (χ1n) is 6.13. The van der Waals surface area contributed by atoms with Crippen molar-refractivity contribution >= 4 is 16.6 Å². The number of hydrogen-bond donors (Lipinski definition) is 0. The number of rotatable bonds is 0. The molecule has 0 radical (unpaired) electrons. The number of fused-ring (bicyclic) bond motifs is 7. The molecule has 0 bridgehead atoms.